The van der Waals surface area contributed by atoms with Crippen LogP contribution in [0.15, 0.2) is 28.8 Å². The normalized spacial score (nSPS) is 10.8. The molecule has 0 aliphatic heterocycles. The van der Waals surface area contributed by atoms with Crippen molar-refractivity contribution in [3.8, 4) is 0 Å². The Morgan fingerprint density at radius 3 is 3.08 bits per heavy atom. The van der Waals surface area contributed by atoms with Crippen LogP contribution in [0.3, 0.4) is 0 Å². The van der Waals surface area contributed by atoms with Crippen molar-refractivity contribution in [2.24, 2.45) is 5.84 Å². The van der Waals surface area contributed by atoms with Crippen LogP contribution in [0.2, 0.25) is 0 Å². The number of nitrogens with one attached hydrogen (secondary N) is 1. The number of benzene rings is 1. The second-order valence-corrected chi connectivity index (χ2v) is 2.51. The van der Waals surface area contributed by atoms with Crippen LogP contribution in [-0.4, -0.2) is 5.16 Å². The molecule has 12 heavy (non-hydrogen) atoms. The predicted molar refractivity (Wildman–Crippen MR) is 45.0 cm³/mol. The third-order valence-corrected chi connectivity index (χ3v) is 1.72. The van der Waals surface area contributed by atoms with Crippen LogP contribution in [0.1, 0.15) is 5.69 Å². The van der Waals surface area contributed by atoms with E-state index >= 15 is 0 Å². The number of hydrazine groups is 1. The van der Waals surface area contributed by atoms with Gasteiger partial charge in [-0.05, 0) is 12.1 Å². The largest absolute Gasteiger partial charge is 0.356 e. The molecule has 2 aromatic rings. The first-order valence-corrected chi connectivity index (χ1v) is 3.68. The van der Waals surface area contributed by atoms with Gasteiger partial charge in [0, 0.05) is 5.39 Å². The van der Waals surface area contributed by atoms with Gasteiger partial charge in [-0.1, -0.05) is 17.3 Å². The Labute approximate surface area is 69.3 Å². The highest BCUT2D eigenvalue weighted by Gasteiger charge is 2.04. The minimum atomic E-state index is 0.525. The lowest BCUT2D eigenvalue weighted by atomic mass is 10.2. The smallest absolute Gasteiger partial charge is 0.167 e. The van der Waals surface area contributed by atoms with E-state index in [2.05, 4.69) is 10.6 Å². The molecule has 0 saturated carbocycles. The Bertz CT molecular complexity index is 382. The highest BCUT2D eigenvalue weighted by atomic mass is 16.5. The number of para-hydroxylation sites is 1. The maximum atomic E-state index is 5.18. The molecule has 4 heteroatoms. The summed E-state index contributed by atoms with van der Waals surface area (Å²) in [5.74, 6) is 5.18. The van der Waals surface area contributed by atoms with Crippen molar-refractivity contribution >= 4 is 11.0 Å². The fraction of sp³-hybridized carbons (Fsp3) is 0.125. The van der Waals surface area contributed by atoms with Crippen molar-refractivity contribution < 1.29 is 4.52 Å². The Kier molecular flexibility index (Phi) is 1.77. The van der Waals surface area contributed by atoms with Gasteiger partial charge in [0.15, 0.2) is 5.58 Å². The van der Waals surface area contributed by atoms with Crippen molar-refractivity contribution in [1.29, 1.82) is 0 Å². The average molecular weight is 163 g/mol. The van der Waals surface area contributed by atoms with Gasteiger partial charge in [-0.15, -0.1) is 0 Å². The fourth-order valence-corrected chi connectivity index (χ4v) is 1.16. The number of aromatic nitrogens is 1. The van der Waals surface area contributed by atoms with Gasteiger partial charge in [0.1, 0.15) is 5.69 Å². The van der Waals surface area contributed by atoms with Crippen LogP contribution >= 0.6 is 0 Å². The molecule has 1 aromatic heterocycles. The Morgan fingerprint density at radius 1 is 1.42 bits per heavy atom. The predicted octanol–water partition coefficient (Wildman–Crippen LogP) is 0.791. The molecule has 2 rings (SSSR count). The van der Waals surface area contributed by atoms with Gasteiger partial charge < -0.3 is 4.52 Å². The molecule has 0 radical (unpaired) electrons. The highest BCUT2D eigenvalue weighted by molar-refractivity contribution is 5.79. The molecule has 1 heterocycles. The van der Waals surface area contributed by atoms with Crippen LogP contribution in [0.25, 0.3) is 11.0 Å². The second-order valence-electron chi connectivity index (χ2n) is 2.51. The molecular formula is C8H9N3O. The van der Waals surface area contributed by atoms with E-state index in [1.165, 1.54) is 0 Å². The average Bonchev–Trinajstić information content (AvgIpc) is 2.50. The van der Waals surface area contributed by atoms with Gasteiger partial charge in [-0.25, -0.2) is 0 Å². The fourth-order valence-electron chi connectivity index (χ4n) is 1.16. The second kappa shape index (κ2) is 2.92. The molecule has 0 amide bonds. The molecule has 0 atom stereocenters. The van der Waals surface area contributed by atoms with Gasteiger partial charge >= 0.3 is 0 Å². The molecule has 4 nitrogen and oxygen atoms in total. The number of hydrogen-bond acceptors (Lipinski definition) is 4. The summed E-state index contributed by atoms with van der Waals surface area (Å²) >= 11 is 0. The topological polar surface area (TPSA) is 64.1 Å². The molecule has 0 unspecified atom stereocenters. The molecule has 0 fully saturated rings. The van der Waals surface area contributed by atoms with Crippen molar-refractivity contribution in [2.75, 3.05) is 0 Å². The van der Waals surface area contributed by atoms with Crippen LogP contribution in [0.5, 0.6) is 0 Å². The maximum absolute atomic E-state index is 5.18. The maximum Gasteiger partial charge on any atom is 0.167 e. The first-order valence-electron chi connectivity index (χ1n) is 3.68. The molecule has 0 bridgehead atoms. The van der Waals surface area contributed by atoms with Crippen molar-refractivity contribution in [1.82, 2.24) is 10.6 Å². The van der Waals surface area contributed by atoms with E-state index in [-0.39, 0.29) is 0 Å². The SMILES string of the molecule is NNCc1noc2ccccc12. The van der Waals surface area contributed by atoms with Crippen LogP contribution in [0, 0.1) is 0 Å². The summed E-state index contributed by atoms with van der Waals surface area (Å²) in [5.41, 5.74) is 4.17. The summed E-state index contributed by atoms with van der Waals surface area (Å²) in [5, 5.41) is 4.88. The van der Waals surface area contributed by atoms with Crippen LogP contribution in [-0.2, 0) is 6.54 Å². The Morgan fingerprint density at radius 2 is 2.25 bits per heavy atom. The zero-order valence-electron chi connectivity index (χ0n) is 6.45. The quantitative estimate of drug-likeness (QED) is 0.507. The van der Waals surface area contributed by atoms with Crippen molar-refractivity contribution in [3.05, 3.63) is 30.0 Å². The van der Waals surface area contributed by atoms with Gasteiger partial charge in [0.2, 0.25) is 0 Å². The zero-order valence-corrected chi connectivity index (χ0v) is 6.45. The monoisotopic (exact) mass is 163 g/mol. The number of nitrogens with two attached hydrogens (primary N) is 1. The standard InChI is InChI=1S/C8H9N3O/c9-10-5-7-6-3-1-2-4-8(6)12-11-7/h1-4,10H,5,9H2. The third kappa shape index (κ3) is 1.07. The number of hydrogen-bond donors (Lipinski definition) is 2. The van der Waals surface area contributed by atoms with E-state index in [0.717, 1.165) is 16.7 Å². The Hall–Kier alpha value is -1.39. The van der Waals surface area contributed by atoms with E-state index in [0.29, 0.717) is 6.54 Å². The van der Waals surface area contributed by atoms with Gasteiger partial charge in [-0.3, -0.25) is 11.3 Å². The Balaban J connectivity index is 2.55. The first-order chi connectivity index (χ1) is 5.92. The van der Waals surface area contributed by atoms with Gasteiger partial charge in [-0.2, -0.15) is 0 Å². The molecule has 62 valence electrons. The third-order valence-electron chi connectivity index (χ3n) is 1.72. The van der Waals surface area contributed by atoms with E-state index in [9.17, 15) is 0 Å². The number of rotatable bonds is 2. The molecule has 3 N–H and O–H groups in total. The number of fused-ring (bicyclic) bond motifs is 1. The lowest BCUT2D eigenvalue weighted by Gasteiger charge is -1.91. The van der Waals surface area contributed by atoms with E-state index in [1.807, 2.05) is 24.3 Å². The number of nitrogens with zero attached hydrogens (tertiary/aromatic N) is 1. The lowest BCUT2D eigenvalue weighted by molar-refractivity contribution is 0.442. The minimum Gasteiger partial charge on any atom is -0.356 e. The first kappa shape index (κ1) is 7.27. The summed E-state index contributed by atoms with van der Waals surface area (Å²) in [6.07, 6.45) is 0. The van der Waals surface area contributed by atoms with Crippen molar-refractivity contribution in [3.63, 3.8) is 0 Å². The van der Waals surface area contributed by atoms with Gasteiger partial charge in [0.25, 0.3) is 0 Å². The van der Waals surface area contributed by atoms with E-state index in [1.54, 1.807) is 0 Å². The highest BCUT2D eigenvalue weighted by Crippen LogP contribution is 2.16. The molecule has 0 spiro atoms. The molecule has 0 saturated heterocycles. The van der Waals surface area contributed by atoms with E-state index in [4.69, 9.17) is 10.4 Å². The molecule has 0 aliphatic rings. The molecular weight excluding hydrogens is 154 g/mol. The summed E-state index contributed by atoms with van der Waals surface area (Å²) in [6, 6.07) is 7.69. The summed E-state index contributed by atoms with van der Waals surface area (Å²) < 4.78 is 5.06. The summed E-state index contributed by atoms with van der Waals surface area (Å²) in [7, 11) is 0. The zero-order chi connectivity index (χ0) is 8.39. The van der Waals surface area contributed by atoms with Crippen LogP contribution in [0.4, 0.5) is 0 Å². The molecule has 0 aliphatic carbocycles. The summed E-state index contributed by atoms with van der Waals surface area (Å²) in [6.45, 7) is 0.525. The minimum absolute atomic E-state index is 0.525. The summed E-state index contributed by atoms with van der Waals surface area (Å²) in [4.78, 5) is 0. The molecule has 1 aromatic carbocycles. The van der Waals surface area contributed by atoms with Crippen LogP contribution < -0.4 is 11.3 Å². The lowest BCUT2D eigenvalue weighted by Crippen LogP contribution is -2.21. The van der Waals surface area contributed by atoms with E-state index < -0.39 is 0 Å². The van der Waals surface area contributed by atoms with Gasteiger partial charge in [0.05, 0.1) is 6.54 Å². The van der Waals surface area contributed by atoms with Crippen molar-refractivity contribution in [2.45, 2.75) is 6.54 Å².